The molecule has 2 aliphatic heterocycles. The molecule has 0 N–H and O–H groups in total. The summed E-state index contributed by atoms with van der Waals surface area (Å²) in [6.07, 6.45) is 6.58. The standard InChI is InChI=1S/C21H21NO3/c23-21(11-9-17-8-10-19-20(14-17)25-15-24-19)22-12-4-7-18(22)13-16-5-2-1-3-6-16/h1-3,5-6,8-11,14,18H,4,7,12-13,15H2/b11-9+. The highest BCUT2D eigenvalue weighted by Gasteiger charge is 2.27. The van der Waals surface area contributed by atoms with Crippen LogP contribution in [0.25, 0.3) is 6.08 Å². The molecule has 4 nitrogen and oxygen atoms in total. The number of nitrogens with zero attached hydrogens (tertiary/aromatic N) is 1. The highest BCUT2D eigenvalue weighted by atomic mass is 16.7. The summed E-state index contributed by atoms with van der Waals surface area (Å²) in [5.74, 6) is 1.57. The third-order valence-corrected chi connectivity index (χ3v) is 4.79. The van der Waals surface area contributed by atoms with Crippen molar-refractivity contribution in [1.82, 2.24) is 4.90 Å². The molecule has 0 radical (unpaired) electrons. The van der Waals surface area contributed by atoms with E-state index in [1.807, 2.05) is 35.2 Å². The molecule has 4 heteroatoms. The van der Waals surface area contributed by atoms with Crippen molar-refractivity contribution in [2.24, 2.45) is 0 Å². The van der Waals surface area contributed by atoms with Crippen molar-refractivity contribution in [2.45, 2.75) is 25.3 Å². The number of fused-ring (bicyclic) bond motifs is 1. The van der Waals surface area contributed by atoms with E-state index in [9.17, 15) is 4.79 Å². The summed E-state index contributed by atoms with van der Waals surface area (Å²) in [6, 6.07) is 16.4. The fourth-order valence-electron chi connectivity index (χ4n) is 3.50. The normalized spacial score (nSPS) is 18.9. The minimum absolute atomic E-state index is 0.0797. The molecule has 0 aliphatic carbocycles. The van der Waals surface area contributed by atoms with E-state index in [0.717, 1.165) is 42.9 Å². The molecule has 0 aromatic heterocycles. The average molecular weight is 335 g/mol. The Morgan fingerprint density at radius 2 is 1.96 bits per heavy atom. The van der Waals surface area contributed by atoms with Gasteiger partial charge in [0.1, 0.15) is 0 Å². The summed E-state index contributed by atoms with van der Waals surface area (Å²) >= 11 is 0. The van der Waals surface area contributed by atoms with Crippen LogP contribution in [0, 0.1) is 0 Å². The lowest BCUT2D eigenvalue weighted by Crippen LogP contribution is -2.35. The summed E-state index contributed by atoms with van der Waals surface area (Å²) < 4.78 is 10.7. The molecule has 0 bridgehead atoms. The molecular weight excluding hydrogens is 314 g/mol. The third kappa shape index (κ3) is 3.53. The van der Waals surface area contributed by atoms with Crippen molar-refractivity contribution in [1.29, 1.82) is 0 Å². The van der Waals surface area contributed by atoms with Crippen LogP contribution >= 0.6 is 0 Å². The summed E-state index contributed by atoms with van der Waals surface area (Å²) in [5, 5.41) is 0. The number of likely N-dealkylation sites (tertiary alicyclic amines) is 1. The molecule has 128 valence electrons. The molecule has 0 saturated carbocycles. The number of hydrogen-bond donors (Lipinski definition) is 0. The Kier molecular flexibility index (Phi) is 4.42. The molecule has 25 heavy (non-hydrogen) atoms. The van der Waals surface area contributed by atoms with E-state index in [1.165, 1.54) is 5.56 Å². The minimum atomic E-state index is 0.0797. The Labute approximate surface area is 147 Å². The van der Waals surface area contributed by atoms with Crippen molar-refractivity contribution < 1.29 is 14.3 Å². The SMILES string of the molecule is O=C(/C=C/c1ccc2c(c1)OCO2)N1CCCC1Cc1ccccc1. The summed E-state index contributed by atoms with van der Waals surface area (Å²) in [5.41, 5.74) is 2.23. The van der Waals surface area contributed by atoms with Gasteiger partial charge in [-0.1, -0.05) is 36.4 Å². The van der Waals surface area contributed by atoms with Gasteiger partial charge in [0.15, 0.2) is 11.5 Å². The Morgan fingerprint density at radius 1 is 1.12 bits per heavy atom. The lowest BCUT2D eigenvalue weighted by atomic mass is 10.0. The molecule has 2 aromatic carbocycles. The van der Waals surface area contributed by atoms with Gasteiger partial charge in [0.25, 0.3) is 0 Å². The van der Waals surface area contributed by atoms with E-state index < -0.39 is 0 Å². The monoisotopic (exact) mass is 335 g/mol. The van der Waals surface area contributed by atoms with Crippen LogP contribution in [0.3, 0.4) is 0 Å². The summed E-state index contributed by atoms with van der Waals surface area (Å²) in [7, 11) is 0. The molecular formula is C21H21NO3. The molecule has 2 aromatic rings. The van der Waals surface area contributed by atoms with Crippen LogP contribution in [0.1, 0.15) is 24.0 Å². The fourth-order valence-corrected chi connectivity index (χ4v) is 3.50. The number of rotatable bonds is 4. The van der Waals surface area contributed by atoms with Crippen LogP contribution < -0.4 is 9.47 Å². The molecule has 2 aliphatic rings. The maximum absolute atomic E-state index is 12.6. The van der Waals surface area contributed by atoms with E-state index in [2.05, 4.69) is 24.3 Å². The number of carbonyl (C=O) groups excluding carboxylic acids is 1. The molecule has 2 heterocycles. The van der Waals surface area contributed by atoms with Gasteiger partial charge in [-0.05, 0) is 48.6 Å². The molecule has 1 unspecified atom stereocenters. The first-order valence-electron chi connectivity index (χ1n) is 8.72. The Bertz CT molecular complexity index is 785. The van der Waals surface area contributed by atoms with Crippen molar-refractivity contribution in [2.75, 3.05) is 13.3 Å². The Balaban J connectivity index is 1.43. The number of benzene rings is 2. The van der Waals surface area contributed by atoms with Gasteiger partial charge in [-0.15, -0.1) is 0 Å². The van der Waals surface area contributed by atoms with Crippen molar-refractivity contribution in [3.63, 3.8) is 0 Å². The van der Waals surface area contributed by atoms with E-state index in [1.54, 1.807) is 6.08 Å². The smallest absolute Gasteiger partial charge is 0.246 e. The zero-order valence-electron chi connectivity index (χ0n) is 14.1. The van der Waals surface area contributed by atoms with Gasteiger partial charge in [-0.3, -0.25) is 4.79 Å². The summed E-state index contributed by atoms with van der Waals surface area (Å²) in [4.78, 5) is 14.6. The highest BCUT2D eigenvalue weighted by molar-refractivity contribution is 5.92. The van der Waals surface area contributed by atoms with E-state index >= 15 is 0 Å². The van der Waals surface area contributed by atoms with Crippen LogP contribution in [0.2, 0.25) is 0 Å². The van der Waals surface area contributed by atoms with E-state index in [4.69, 9.17) is 9.47 Å². The van der Waals surface area contributed by atoms with Crippen LogP contribution in [-0.2, 0) is 11.2 Å². The van der Waals surface area contributed by atoms with Gasteiger partial charge in [0.2, 0.25) is 12.7 Å². The third-order valence-electron chi connectivity index (χ3n) is 4.79. The van der Waals surface area contributed by atoms with Crippen LogP contribution in [0.4, 0.5) is 0 Å². The predicted octanol–water partition coefficient (Wildman–Crippen LogP) is 3.66. The first kappa shape index (κ1) is 15.8. The lowest BCUT2D eigenvalue weighted by molar-refractivity contribution is -0.126. The average Bonchev–Trinajstić information content (AvgIpc) is 3.29. The molecule has 4 rings (SSSR count). The second kappa shape index (κ2) is 7.01. The first-order valence-corrected chi connectivity index (χ1v) is 8.72. The van der Waals surface area contributed by atoms with Gasteiger partial charge >= 0.3 is 0 Å². The van der Waals surface area contributed by atoms with Crippen LogP contribution in [0.5, 0.6) is 11.5 Å². The Morgan fingerprint density at radius 3 is 2.84 bits per heavy atom. The zero-order valence-corrected chi connectivity index (χ0v) is 14.1. The van der Waals surface area contributed by atoms with E-state index in [0.29, 0.717) is 0 Å². The first-order chi connectivity index (χ1) is 12.3. The van der Waals surface area contributed by atoms with Gasteiger partial charge in [-0.2, -0.15) is 0 Å². The molecule has 1 atom stereocenters. The Hall–Kier alpha value is -2.75. The molecule has 1 saturated heterocycles. The number of ether oxygens (including phenoxy) is 2. The summed E-state index contributed by atoms with van der Waals surface area (Å²) in [6.45, 7) is 1.10. The molecule has 0 spiro atoms. The maximum atomic E-state index is 12.6. The van der Waals surface area contributed by atoms with Gasteiger partial charge in [0.05, 0.1) is 0 Å². The number of hydrogen-bond acceptors (Lipinski definition) is 3. The molecule has 1 fully saturated rings. The number of carbonyl (C=O) groups is 1. The maximum Gasteiger partial charge on any atom is 0.246 e. The van der Waals surface area contributed by atoms with Gasteiger partial charge in [-0.25, -0.2) is 0 Å². The second-order valence-corrected chi connectivity index (χ2v) is 6.46. The second-order valence-electron chi connectivity index (χ2n) is 6.46. The van der Waals surface area contributed by atoms with Crippen molar-refractivity contribution >= 4 is 12.0 Å². The van der Waals surface area contributed by atoms with E-state index in [-0.39, 0.29) is 18.7 Å². The predicted molar refractivity (Wildman–Crippen MR) is 96.5 cm³/mol. The molecule has 1 amide bonds. The van der Waals surface area contributed by atoms with Crippen molar-refractivity contribution in [3.8, 4) is 11.5 Å². The lowest BCUT2D eigenvalue weighted by Gasteiger charge is -2.23. The fraction of sp³-hybridized carbons (Fsp3) is 0.286. The van der Waals surface area contributed by atoms with Crippen LogP contribution in [0.15, 0.2) is 54.6 Å². The largest absolute Gasteiger partial charge is 0.454 e. The van der Waals surface area contributed by atoms with Gasteiger partial charge < -0.3 is 14.4 Å². The van der Waals surface area contributed by atoms with Crippen LogP contribution in [-0.4, -0.2) is 30.2 Å². The van der Waals surface area contributed by atoms with Crippen molar-refractivity contribution in [3.05, 3.63) is 65.7 Å². The minimum Gasteiger partial charge on any atom is -0.454 e. The topological polar surface area (TPSA) is 38.8 Å². The van der Waals surface area contributed by atoms with Gasteiger partial charge in [0, 0.05) is 18.7 Å². The quantitative estimate of drug-likeness (QED) is 0.801. The highest BCUT2D eigenvalue weighted by Crippen LogP contribution is 2.32. The number of amides is 1. The zero-order chi connectivity index (χ0) is 17.1.